The Morgan fingerprint density at radius 3 is 2.46 bits per heavy atom. The SMILES string of the molecule is COc1ccc(C)cc1NC(=O)C(=O)N1CCN(c2ncccn2)CC1. The van der Waals surface area contributed by atoms with Crippen molar-refractivity contribution in [3.05, 3.63) is 42.2 Å². The van der Waals surface area contributed by atoms with Gasteiger partial charge in [-0.05, 0) is 30.7 Å². The van der Waals surface area contributed by atoms with Crippen molar-refractivity contribution < 1.29 is 14.3 Å². The number of aromatic nitrogens is 2. The van der Waals surface area contributed by atoms with Crippen LogP contribution in [0.3, 0.4) is 0 Å². The summed E-state index contributed by atoms with van der Waals surface area (Å²) in [5, 5.41) is 2.65. The fourth-order valence-electron chi connectivity index (χ4n) is 2.80. The topological polar surface area (TPSA) is 87.7 Å². The highest BCUT2D eigenvalue weighted by molar-refractivity contribution is 6.39. The molecule has 1 aliphatic rings. The van der Waals surface area contributed by atoms with Crippen LogP contribution in [-0.2, 0) is 9.59 Å². The van der Waals surface area contributed by atoms with Crippen LogP contribution in [0.1, 0.15) is 5.56 Å². The number of aryl methyl sites for hydroxylation is 1. The van der Waals surface area contributed by atoms with Crippen molar-refractivity contribution in [3.63, 3.8) is 0 Å². The molecule has 8 nitrogen and oxygen atoms in total. The highest BCUT2D eigenvalue weighted by atomic mass is 16.5. The summed E-state index contributed by atoms with van der Waals surface area (Å²) in [6.45, 7) is 3.94. The second kappa shape index (κ2) is 7.81. The normalized spacial score (nSPS) is 14.1. The Balaban J connectivity index is 1.60. The number of rotatable bonds is 3. The minimum absolute atomic E-state index is 0.440. The van der Waals surface area contributed by atoms with Gasteiger partial charge in [-0.15, -0.1) is 0 Å². The lowest BCUT2D eigenvalue weighted by Crippen LogP contribution is -2.52. The molecule has 0 atom stereocenters. The maximum atomic E-state index is 12.5. The molecular weight excluding hydrogens is 334 g/mol. The van der Waals surface area contributed by atoms with Crippen LogP contribution in [-0.4, -0.2) is 60.0 Å². The van der Waals surface area contributed by atoms with E-state index in [-0.39, 0.29) is 0 Å². The third kappa shape index (κ3) is 3.90. The number of anilines is 2. The summed E-state index contributed by atoms with van der Waals surface area (Å²) in [5.41, 5.74) is 1.45. The van der Waals surface area contributed by atoms with Crippen LogP contribution in [0.25, 0.3) is 0 Å². The van der Waals surface area contributed by atoms with Crippen molar-refractivity contribution >= 4 is 23.5 Å². The number of piperazine rings is 1. The molecular formula is C18H21N5O3. The number of methoxy groups -OCH3 is 1. The number of benzene rings is 1. The van der Waals surface area contributed by atoms with E-state index in [0.29, 0.717) is 43.6 Å². The minimum atomic E-state index is -0.668. The molecule has 0 unspecified atom stereocenters. The number of ether oxygens (including phenoxy) is 1. The van der Waals surface area contributed by atoms with Gasteiger partial charge in [-0.25, -0.2) is 9.97 Å². The Hall–Kier alpha value is -3.16. The van der Waals surface area contributed by atoms with Crippen molar-refractivity contribution in [2.45, 2.75) is 6.92 Å². The number of carbonyl (C=O) groups is 2. The molecule has 2 aromatic rings. The van der Waals surface area contributed by atoms with Crippen LogP contribution in [0.4, 0.5) is 11.6 Å². The second-order valence-corrected chi connectivity index (χ2v) is 5.99. The van der Waals surface area contributed by atoms with E-state index in [1.54, 1.807) is 30.6 Å². The standard InChI is InChI=1S/C18H21N5O3/c1-13-4-5-15(26-2)14(12-13)21-16(24)17(25)22-8-10-23(11-9-22)18-19-6-3-7-20-18/h3-7,12H,8-11H2,1-2H3,(H,21,24). The maximum absolute atomic E-state index is 12.5. The van der Waals surface area contributed by atoms with E-state index in [4.69, 9.17) is 4.74 Å². The number of amides is 2. The Bertz CT molecular complexity index is 789. The van der Waals surface area contributed by atoms with E-state index in [1.165, 1.54) is 12.0 Å². The Morgan fingerprint density at radius 2 is 1.81 bits per heavy atom. The highest BCUT2D eigenvalue weighted by Crippen LogP contribution is 2.25. The Labute approximate surface area is 151 Å². The van der Waals surface area contributed by atoms with Gasteiger partial charge in [0.05, 0.1) is 12.8 Å². The van der Waals surface area contributed by atoms with Gasteiger partial charge in [0.15, 0.2) is 0 Å². The molecule has 8 heteroatoms. The van der Waals surface area contributed by atoms with Gasteiger partial charge < -0.3 is 19.9 Å². The summed E-state index contributed by atoms with van der Waals surface area (Å²) in [7, 11) is 1.52. The van der Waals surface area contributed by atoms with Crippen molar-refractivity contribution in [1.82, 2.24) is 14.9 Å². The quantitative estimate of drug-likeness (QED) is 0.829. The zero-order valence-corrected chi connectivity index (χ0v) is 14.8. The van der Waals surface area contributed by atoms with E-state index in [9.17, 15) is 9.59 Å². The molecule has 1 aromatic heterocycles. The maximum Gasteiger partial charge on any atom is 0.314 e. The molecule has 0 bridgehead atoms. The number of nitrogens with one attached hydrogen (secondary N) is 1. The second-order valence-electron chi connectivity index (χ2n) is 5.99. The largest absolute Gasteiger partial charge is 0.495 e. The van der Waals surface area contributed by atoms with Gasteiger partial charge in [-0.1, -0.05) is 6.07 Å². The molecule has 0 spiro atoms. The van der Waals surface area contributed by atoms with Gasteiger partial charge in [0.1, 0.15) is 5.75 Å². The Kier molecular flexibility index (Phi) is 5.31. The lowest BCUT2D eigenvalue weighted by Gasteiger charge is -2.34. The molecule has 1 N–H and O–H groups in total. The van der Waals surface area contributed by atoms with Gasteiger partial charge in [0, 0.05) is 38.6 Å². The van der Waals surface area contributed by atoms with Gasteiger partial charge in [-0.3, -0.25) is 9.59 Å². The smallest absolute Gasteiger partial charge is 0.314 e. The molecule has 136 valence electrons. The molecule has 1 fully saturated rings. The lowest BCUT2D eigenvalue weighted by molar-refractivity contribution is -0.143. The zero-order chi connectivity index (χ0) is 18.5. The summed E-state index contributed by atoms with van der Waals surface area (Å²) in [6, 6.07) is 7.16. The fourth-order valence-corrected chi connectivity index (χ4v) is 2.80. The monoisotopic (exact) mass is 355 g/mol. The van der Waals surface area contributed by atoms with Gasteiger partial charge in [0.25, 0.3) is 0 Å². The first-order chi connectivity index (χ1) is 12.6. The van der Waals surface area contributed by atoms with E-state index >= 15 is 0 Å². The Morgan fingerprint density at radius 1 is 1.12 bits per heavy atom. The summed E-state index contributed by atoms with van der Waals surface area (Å²) in [4.78, 5) is 36.7. The summed E-state index contributed by atoms with van der Waals surface area (Å²) >= 11 is 0. The number of hydrogen-bond acceptors (Lipinski definition) is 6. The molecule has 26 heavy (non-hydrogen) atoms. The van der Waals surface area contributed by atoms with Crippen molar-refractivity contribution in [3.8, 4) is 5.75 Å². The summed E-state index contributed by atoms with van der Waals surface area (Å²) in [6.07, 6.45) is 3.37. The van der Waals surface area contributed by atoms with Crippen LogP contribution < -0.4 is 15.0 Å². The van der Waals surface area contributed by atoms with Crippen molar-refractivity contribution in [2.75, 3.05) is 43.5 Å². The lowest BCUT2D eigenvalue weighted by atomic mass is 10.2. The van der Waals surface area contributed by atoms with E-state index in [2.05, 4.69) is 15.3 Å². The average molecular weight is 355 g/mol. The molecule has 3 rings (SSSR count). The number of carbonyl (C=O) groups excluding carboxylic acids is 2. The van der Waals surface area contributed by atoms with E-state index in [0.717, 1.165) is 5.56 Å². The fraction of sp³-hybridized carbons (Fsp3) is 0.333. The van der Waals surface area contributed by atoms with Crippen LogP contribution in [0.5, 0.6) is 5.75 Å². The number of nitrogens with zero attached hydrogens (tertiary/aromatic N) is 4. The zero-order valence-electron chi connectivity index (χ0n) is 14.8. The molecule has 0 radical (unpaired) electrons. The highest BCUT2D eigenvalue weighted by Gasteiger charge is 2.27. The summed E-state index contributed by atoms with van der Waals surface area (Å²) < 4.78 is 5.23. The molecule has 0 saturated carbocycles. The molecule has 2 amide bonds. The first-order valence-corrected chi connectivity index (χ1v) is 8.35. The van der Waals surface area contributed by atoms with Crippen molar-refractivity contribution in [2.24, 2.45) is 0 Å². The van der Waals surface area contributed by atoms with Gasteiger partial charge in [-0.2, -0.15) is 0 Å². The average Bonchev–Trinajstić information content (AvgIpc) is 2.68. The van der Waals surface area contributed by atoms with Crippen molar-refractivity contribution in [1.29, 1.82) is 0 Å². The third-order valence-electron chi connectivity index (χ3n) is 4.20. The van der Waals surface area contributed by atoms with E-state index in [1.807, 2.05) is 17.9 Å². The van der Waals surface area contributed by atoms with Crippen LogP contribution in [0.15, 0.2) is 36.7 Å². The molecule has 1 saturated heterocycles. The number of hydrogen-bond donors (Lipinski definition) is 1. The van der Waals surface area contributed by atoms with Crippen LogP contribution in [0.2, 0.25) is 0 Å². The first-order valence-electron chi connectivity index (χ1n) is 8.35. The molecule has 1 aromatic carbocycles. The summed E-state index contributed by atoms with van der Waals surface area (Å²) in [5.74, 6) is -0.0724. The van der Waals surface area contributed by atoms with Gasteiger partial charge in [0.2, 0.25) is 5.95 Å². The first kappa shape index (κ1) is 17.7. The predicted octanol–water partition coefficient (Wildman–Crippen LogP) is 1.08. The molecule has 2 heterocycles. The van der Waals surface area contributed by atoms with Crippen LogP contribution in [0, 0.1) is 6.92 Å². The van der Waals surface area contributed by atoms with E-state index < -0.39 is 11.8 Å². The van der Waals surface area contributed by atoms with Crippen LogP contribution >= 0.6 is 0 Å². The third-order valence-corrected chi connectivity index (χ3v) is 4.20. The van der Waals surface area contributed by atoms with Gasteiger partial charge >= 0.3 is 11.8 Å². The predicted molar refractivity (Wildman–Crippen MR) is 97.2 cm³/mol. The molecule has 0 aliphatic carbocycles. The molecule has 1 aliphatic heterocycles. The minimum Gasteiger partial charge on any atom is -0.495 e.